The van der Waals surface area contributed by atoms with Crippen LogP contribution in [0.25, 0.3) is 0 Å². The number of hydrogen-bond donors (Lipinski definition) is 1. The highest BCUT2D eigenvalue weighted by Crippen LogP contribution is 2.30. The van der Waals surface area contributed by atoms with Crippen LogP contribution in [0.15, 0.2) is 6.20 Å². The summed E-state index contributed by atoms with van der Waals surface area (Å²) >= 11 is 1.50. The van der Waals surface area contributed by atoms with Gasteiger partial charge in [0, 0.05) is 23.7 Å². The summed E-state index contributed by atoms with van der Waals surface area (Å²) in [5.41, 5.74) is 5.58. The van der Waals surface area contributed by atoms with Crippen molar-refractivity contribution < 1.29 is 4.79 Å². The molecule has 2 N–H and O–H groups in total. The summed E-state index contributed by atoms with van der Waals surface area (Å²) in [5, 5.41) is 0.597. The van der Waals surface area contributed by atoms with Gasteiger partial charge in [0.15, 0.2) is 5.13 Å². The van der Waals surface area contributed by atoms with Crippen LogP contribution < -0.4 is 5.73 Å². The highest BCUT2D eigenvalue weighted by atomic mass is 32.1. The Kier molecular flexibility index (Phi) is 2.33. The number of amides is 1. The normalized spacial score (nSPS) is 22.0. The fourth-order valence-corrected chi connectivity index (χ4v) is 2.78. The van der Waals surface area contributed by atoms with Gasteiger partial charge in [-0.05, 0) is 12.8 Å². The molecule has 0 spiro atoms. The lowest BCUT2D eigenvalue weighted by atomic mass is 10.5. The molecule has 2 heterocycles. The number of carbonyl (C=O) groups excluding carboxylic acids is 1. The predicted molar refractivity (Wildman–Crippen MR) is 61.7 cm³/mol. The Labute approximate surface area is 97.9 Å². The lowest BCUT2D eigenvalue weighted by Crippen LogP contribution is -2.29. The number of nitrogens with zero attached hydrogens (tertiary/aromatic N) is 3. The van der Waals surface area contributed by atoms with Crippen molar-refractivity contribution in [3.63, 3.8) is 0 Å². The van der Waals surface area contributed by atoms with Crippen molar-refractivity contribution in [2.75, 3.05) is 18.9 Å². The Morgan fingerprint density at radius 1 is 1.56 bits per heavy atom. The number of carbonyl (C=O) groups is 1. The molecule has 2 aliphatic rings. The third-order valence-electron chi connectivity index (χ3n) is 2.97. The molecule has 1 amide bonds. The molecular formula is C10H14N4OS. The van der Waals surface area contributed by atoms with Crippen LogP contribution in [0.2, 0.25) is 0 Å². The van der Waals surface area contributed by atoms with Gasteiger partial charge in [-0.15, -0.1) is 11.3 Å². The Morgan fingerprint density at radius 2 is 2.38 bits per heavy atom. The van der Waals surface area contributed by atoms with E-state index in [1.54, 1.807) is 6.20 Å². The predicted octanol–water partition coefficient (Wildman–Crippen LogP) is 0.489. The second kappa shape index (κ2) is 3.71. The van der Waals surface area contributed by atoms with Gasteiger partial charge in [-0.1, -0.05) is 0 Å². The molecule has 1 aromatic rings. The average molecular weight is 238 g/mol. The SMILES string of the molecule is Nc1ncc(CN2CC(=O)N(C3CC3)C2)s1. The Balaban J connectivity index is 1.62. The monoisotopic (exact) mass is 238 g/mol. The molecule has 1 aliphatic heterocycles. The number of hydrogen-bond acceptors (Lipinski definition) is 5. The third-order valence-corrected chi connectivity index (χ3v) is 3.78. The zero-order valence-electron chi connectivity index (χ0n) is 8.93. The van der Waals surface area contributed by atoms with Crippen molar-refractivity contribution in [2.45, 2.75) is 25.4 Å². The van der Waals surface area contributed by atoms with Crippen LogP contribution in [0.3, 0.4) is 0 Å². The lowest BCUT2D eigenvalue weighted by molar-refractivity contribution is -0.127. The van der Waals surface area contributed by atoms with Gasteiger partial charge in [-0.3, -0.25) is 9.69 Å². The fourth-order valence-electron chi connectivity index (χ4n) is 2.05. The van der Waals surface area contributed by atoms with E-state index in [0.29, 0.717) is 17.7 Å². The summed E-state index contributed by atoms with van der Waals surface area (Å²) in [6.45, 7) is 2.08. The molecule has 1 aliphatic carbocycles. The molecule has 5 nitrogen and oxygen atoms in total. The Hall–Kier alpha value is -1.14. The van der Waals surface area contributed by atoms with Gasteiger partial charge in [0.25, 0.3) is 0 Å². The van der Waals surface area contributed by atoms with E-state index in [9.17, 15) is 4.79 Å². The van der Waals surface area contributed by atoms with E-state index >= 15 is 0 Å². The van der Waals surface area contributed by atoms with E-state index in [1.807, 2.05) is 4.90 Å². The maximum atomic E-state index is 11.7. The van der Waals surface area contributed by atoms with Gasteiger partial charge in [0.1, 0.15) is 0 Å². The number of thiazole rings is 1. The van der Waals surface area contributed by atoms with E-state index in [2.05, 4.69) is 9.88 Å². The maximum absolute atomic E-state index is 11.7. The van der Waals surface area contributed by atoms with Crippen LogP contribution in [0.4, 0.5) is 5.13 Å². The van der Waals surface area contributed by atoms with Crippen LogP contribution in [0.5, 0.6) is 0 Å². The van der Waals surface area contributed by atoms with E-state index in [0.717, 1.165) is 18.1 Å². The van der Waals surface area contributed by atoms with Crippen molar-refractivity contribution in [1.82, 2.24) is 14.8 Å². The second-order valence-corrected chi connectivity index (χ2v) is 5.53. The zero-order chi connectivity index (χ0) is 11.1. The molecule has 3 rings (SSSR count). The number of aromatic nitrogens is 1. The first-order valence-electron chi connectivity index (χ1n) is 5.44. The van der Waals surface area contributed by atoms with Crippen LogP contribution in [-0.4, -0.2) is 39.9 Å². The molecule has 0 aromatic carbocycles. The molecule has 0 bridgehead atoms. The molecule has 6 heteroatoms. The molecule has 0 atom stereocenters. The highest BCUT2D eigenvalue weighted by molar-refractivity contribution is 7.15. The van der Waals surface area contributed by atoms with Gasteiger partial charge >= 0.3 is 0 Å². The number of nitrogens with two attached hydrogens (primary N) is 1. The van der Waals surface area contributed by atoms with Crippen LogP contribution in [-0.2, 0) is 11.3 Å². The van der Waals surface area contributed by atoms with Gasteiger partial charge < -0.3 is 10.6 Å². The number of rotatable bonds is 3. The van der Waals surface area contributed by atoms with Gasteiger partial charge in [-0.2, -0.15) is 0 Å². The number of anilines is 1. The van der Waals surface area contributed by atoms with Crippen molar-refractivity contribution in [3.05, 3.63) is 11.1 Å². The summed E-state index contributed by atoms with van der Waals surface area (Å²) in [7, 11) is 0. The third kappa shape index (κ3) is 1.90. The summed E-state index contributed by atoms with van der Waals surface area (Å²) in [5.74, 6) is 0.264. The van der Waals surface area contributed by atoms with E-state index < -0.39 is 0 Å². The minimum atomic E-state index is 0.264. The fraction of sp³-hybridized carbons (Fsp3) is 0.600. The summed E-state index contributed by atoms with van der Waals surface area (Å²) in [6.07, 6.45) is 4.14. The van der Waals surface area contributed by atoms with Crippen LogP contribution >= 0.6 is 11.3 Å². The standard InChI is InChI=1S/C10H14N4OS/c11-10-12-3-8(16-10)4-13-5-9(15)14(6-13)7-1-2-7/h3,7H,1-2,4-6H2,(H2,11,12). The van der Waals surface area contributed by atoms with Gasteiger partial charge in [0.2, 0.25) is 5.91 Å². The van der Waals surface area contributed by atoms with E-state index in [1.165, 1.54) is 24.2 Å². The van der Waals surface area contributed by atoms with E-state index in [4.69, 9.17) is 5.73 Å². The minimum Gasteiger partial charge on any atom is -0.375 e. The van der Waals surface area contributed by atoms with Crippen molar-refractivity contribution in [1.29, 1.82) is 0 Å². The largest absolute Gasteiger partial charge is 0.375 e. The maximum Gasteiger partial charge on any atom is 0.238 e. The second-order valence-electron chi connectivity index (χ2n) is 4.39. The molecule has 2 fully saturated rings. The Bertz CT molecular complexity index is 415. The van der Waals surface area contributed by atoms with Crippen molar-refractivity contribution in [2.24, 2.45) is 0 Å². The van der Waals surface area contributed by atoms with Crippen LogP contribution in [0, 0.1) is 0 Å². The molecule has 16 heavy (non-hydrogen) atoms. The molecule has 1 saturated carbocycles. The molecule has 0 radical (unpaired) electrons. The quantitative estimate of drug-likeness (QED) is 0.832. The molecule has 1 aromatic heterocycles. The average Bonchev–Trinajstić information content (AvgIpc) is 2.91. The minimum absolute atomic E-state index is 0.264. The molecular weight excluding hydrogens is 224 g/mol. The smallest absolute Gasteiger partial charge is 0.238 e. The van der Waals surface area contributed by atoms with Crippen molar-refractivity contribution >= 4 is 22.4 Å². The first-order chi connectivity index (χ1) is 7.72. The number of nitrogen functional groups attached to an aromatic ring is 1. The summed E-state index contributed by atoms with van der Waals surface area (Å²) in [6, 6.07) is 0.518. The summed E-state index contributed by atoms with van der Waals surface area (Å²) < 4.78 is 0. The topological polar surface area (TPSA) is 62.5 Å². The molecule has 86 valence electrons. The van der Waals surface area contributed by atoms with E-state index in [-0.39, 0.29) is 5.91 Å². The van der Waals surface area contributed by atoms with Crippen molar-refractivity contribution in [3.8, 4) is 0 Å². The first-order valence-corrected chi connectivity index (χ1v) is 6.26. The Morgan fingerprint density at radius 3 is 3.00 bits per heavy atom. The van der Waals surface area contributed by atoms with Gasteiger partial charge in [-0.25, -0.2) is 4.98 Å². The first kappa shape index (κ1) is 10.0. The van der Waals surface area contributed by atoms with Crippen LogP contribution in [0.1, 0.15) is 17.7 Å². The molecule has 1 saturated heterocycles. The summed E-state index contributed by atoms with van der Waals surface area (Å²) in [4.78, 5) is 21.0. The zero-order valence-corrected chi connectivity index (χ0v) is 9.74. The molecule has 0 unspecified atom stereocenters. The lowest BCUT2D eigenvalue weighted by Gasteiger charge is -2.16. The highest BCUT2D eigenvalue weighted by Gasteiger charge is 2.38. The van der Waals surface area contributed by atoms with Gasteiger partial charge in [0.05, 0.1) is 13.2 Å².